The molecule has 0 aliphatic heterocycles. The number of anilines is 1. The minimum Gasteiger partial charge on any atom is -0.497 e. The number of hydrogen-bond acceptors (Lipinski definition) is 3. The summed E-state index contributed by atoms with van der Waals surface area (Å²) in [5.41, 5.74) is 7.64. The minimum atomic E-state index is 0.416. The number of rotatable bonds is 4. The molecule has 2 aliphatic rings. The summed E-state index contributed by atoms with van der Waals surface area (Å²) in [7, 11) is 3.87. The molecule has 3 rings (SSSR count). The van der Waals surface area contributed by atoms with E-state index in [1.165, 1.54) is 24.9 Å². The van der Waals surface area contributed by atoms with E-state index in [0.29, 0.717) is 12.0 Å². The second-order valence-electron chi connectivity index (χ2n) is 6.15. The van der Waals surface area contributed by atoms with Crippen LogP contribution in [-0.2, 0) is 0 Å². The van der Waals surface area contributed by atoms with Crippen LogP contribution in [0.15, 0.2) is 24.3 Å². The zero-order chi connectivity index (χ0) is 13.4. The molecule has 0 saturated heterocycles. The van der Waals surface area contributed by atoms with Crippen LogP contribution in [0.4, 0.5) is 5.69 Å². The van der Waals surface area contributed by atoms with Crippen molar-refractivity contribution in [2.75, 3.05) is 25.6 Å². The summed E-state index contributed by atoms with van der Waals surface area (Å²) in [5, 5.41) is 0. The molecule has 4 unspecified atom stereocenters. The highest BCUT2D eigenvalue weighted by Crippen LogP contribution is 2.47. The molecule has 0 heterocycles. The Labute approximate surface area is 115 Å². The predicted octanol–water partition coefficient (Wildman–Crippen LogP) is 2.50. The van der Waals surface area contributed by atoms with E-state index in [9.17, 15) is 0 Å². The van der Waals surface area contributed by atoms with Gasteiger partial charge in [0.05, 0.1) is 7.11 Å². The maximum absolute atomic E-state index is 6.39. The van der Waals surface area contributed by atoms with E-state index in [-0.39, 0.29) is 0 Å². The Bertz CT molecular complexity index is 429. The van der Waals surface area contributed by atoms with Crippen molar-refractivity contribution in [3.05, 3.63) is 24.3 Å². The van der Waals surface area contributed by atoms with Crippen molar-refractivity contribution in [1.29, 1.82) is 0 Å². The summed E-state index contributed by atoms with van der Waals surface area (Å²) < 4.78 is 5.20. The molecule has 0 aromatic heterocycles. The lowest BCUT2D eigenvalue weighted by Gasteiger charge is -2.32. The van der Waals surface area contributed by atoms with Crippen LogP contribution in [0.2, 0.25) is 0 Å². The third-order valence-electron chi connectivity index (χ3n) is 5.16. The van der Waals surface area contributed by atoms with Gasteiger partial charge in [-0.1, -0.05) is 0 Å². The molecule has 3 heteroatoms. The zero-order valence-electron chi connectivity index (χ0n) is 11.9. The number of nitrogens with zero attached hydrogens (tertiary/aromatic N) is 1. The van der Waals surface area contributed by atoms with Crippen LogP contribution in [0.1, 0.15) is 19.3 Å². The largest absolute Gasteiger partial charge is 0.497 e. The van der Waals surface area contributed by atoms with Gasteiger partial charge >= 0.3 is 0 Å². The molecule has 4 atom stereocenters. The molecule has 1 aromatic carbocycles. The Morgan fingerprint density at radius 2 is 1.89 bits per heavy atom. The highest BCUT2D eigenvalue weighted by atomic mass is 16.5. The number of benzene rings is 1. The van der Waals surface area contributed by atoms with Crippen LogP contribution >= 0.6 is 0 Å². The van der Waals surface area contributed by atoms with E-state index >= 15 is 0 Å². The number of nitrogens with two attached hydrogens (primary N) is 1. The van der Waals surface area contributed by atoms with E-state index in [1.807, 2.05) is 12.1 Å². The average molecular weight is 260 g/mol. The molecular weight excluding hydrogens is 236 g/mol. The van der Waals surface area contributed by atoms with E-state index in [2.05, 4.69) is 24.1 Å². The van der Waals surface area contributed by atoms with Gasteiger partial charge in [-0.15, -0.1) is 0 Å². The second kappa shape index (κ2) is 5.04. The Morgan fingerprint density at radius 1 is 1.21 bits per heavy atom. The third kappa shape index (κ3) is 2.32. The summed E-state index contributed by atoms with van der Waals surface area (Å²) in [6.45, 7) is 1.08. The van der Waals surface area contributed by atoms with Crippen molar-refractivity contribution in [3.8, 4) is 5.75 Å². The fourth-order valence-electron chi connectivity index (χ4n) is 3.98. The zero-order valence-corrected chi connectivity index (χ0v) is 11.9. The minimum absolute atomic E-state index is 0.416. The number of hydrogen-bond donors (Lipinski definition) is 1. The first-order chi connectivity index (χ1) is 9.19. The Morgan fingerprint density at radius 3 is 2.47 bits per heavy atom. The van der Waals surface area contributed by atoms with Crippen molar-refractivity contribution >= 4 is 5.69 Å². The summed E-state index contributed by atoms with van der Waals surface area (Å²) in [6.07, 6.45) is 4.11. The van der Waals surface area contributed by atoms with Crippen LogP contribution in [0, 0.1) is 17.8 Å². The molecule has 2 saturated carbocycles. The second-order valence-corrected chi connectivity index (χ2v) is 6.15. The van der Waals surface area contributed by atoms with Crippen molar-refractivity contribution in [2.45, 2.75) is 25.3 Å². The van der Waals surface area contributed by atoms with Gasteiger partial charge in [0.1, 0.15) is 5.75 Å². The average Bonchev–Trinajstić information content (AvgIpc) is 3.02. The van der Waals surface area contributed by atoms with Gasteiger partial charge in [0, 0.05) is 25.3 Å². The first-order valence-electron chi connectivity index (χ1n) is 7.30. The van der Waals surface area contributed by atoms with Gasteiger partial charge in [0.25, 0.3) is 0 Å². The van der Waals surface area contributed by atoms with Gasteiger partial charge in [-0.25, -0.2) is 0 Å². The lowest BCUT2D eigenvalue weighted by atomic mass is 9.84. The Kier molecular flexibility index (Phi) is 3.40. The molecule has 2 bridgehead atoms. The quantitative estimate of drug-likeness (QED) is 0.904. The van der Waals surface area contributed by atoms with Crippen LogP contribution in [-0.4, -0.2) is 26.7 Å². The smallest absolute Gasteiger partial charge is 0.119 e. The predicted molar refractivity (Wildman–Crippen MR) is 78.6 cm³/mol. The number of methoxy groups -OCH3 is 1. The summed E-state index contributed by atoms with van der Waals surface area (Å²) in [6, 6.07) is 8.70. The summed E-state index contributed by atoms with van der Waals surface area (Å²) >= 11 is 0. The molecule has 19 heavy (non-hydrogen) atoms. The molecule has 0 spiro atoms. The van der Waals surface area contributed by atoms with Gasteiger partial charge in [-0.2, -0.15) is 0 Å². The van der Waals surface area contributed by atoms with E-state index in [1.54, 1.807) is 7.11 Å². The first kappa shape index (κ1) is 12.8. The molecule has 104 valence electrons. The van der Waals surface area contributed by atoms with Crippen molar-refractivity contribution in [2.24, 2.45) is 23.5 Å². The lowest BCUT2D eigenvalue weighted by molar-refractivity contribution is 0.293. The number of fused-ring (bicyclic) bond motifs is 2. The Balaban J connectivity index is 1.65. The summed E-state index contributed by atoms with van der Waals surface area (Å²) in [4.78, 5) is 2.34. The molecule has 2 N–H and O–H groups in total. The fourth-order valence-corrected chi connectivity index (χ4v) is 3.98. The SMILES string of the molecule is COc1ccc(N(C)CC2C3CCC(C3)C2N)cc1. The molecular formula is C16H24N2O. The van der Waals surface area contributed by atoms with Crippen LogP contribution in [0.25, 0.3) is 0 Å². The van der Waals surface area contributed by atoms with E-state index in [0.717, 1.165) is 24.1 Å². The van der Waals surface area contributed by atoms with Gasteiger partial charge in [-0.05, 0) is 61.3 Å². The maximum Gasteiger partial charge on any atom is 0.119 e. The highest BCUT2D eigenvalue weighted by molar-refractivity contribution is 5.48. The van der Waals surface area contributed by atoms with Crippen molar-refractivity contribution < 1.29 is 4.74 Å². The molecule has 3 nitrogen and oxygen atoms in total. The topological polar surface area (TPSA) is 38.5 Å². The summed E-state index contributed by atoms with van der Waals surface area (Å²) in [5.74, 6) is 3.24. The molecule has 0 radical (unpaired) electrons. The monoisotopic (exact) mass is 260 g/mol. The first-order valence-corrected chi connectivity index (χ1v) is 7.30. The Hall–Kier alpha value is -1.22. The standard InChI is InChI=1S/C16H24N2O/c1-18(13-5-7-14(19-2)8-6-13)10-15-11-3-4-12(9-11)16(15)17/h5-8,11-12,15-16H,3-4,9-10,17H2,1-2H3. The fraction of sp³-hybridized carbons (Fsp3) is 0.625. The van der Waals surface area contributed by atoms with Gasteiger partial charge in [0.2, 0.25) is 0 Å². The van der Waals surface area contributed by atoms with E-state index < -0.39 is 0 Å². The van der Waals surface area contributed by atoms with Crippen LogP contribution in [0.5, 0.6) is 5.75 Å². The maximum atomic E-state index is 6.39. The van der Waals surface area contributed by atoms with E-state index in [4.69, 9.17) is 10.5 Å². The number of ether oxygens (including phenoxy) is 1. The van der Waals surface area contributed by atoms with Crippen LogP contribution in [0.3, 0.4) is 0 Å². The molecule has 0 amide bonds. The van der Waals surface area contributed by atoms with Gasteiger partial charge in [0.15, 0.2) is 0 Å². The van der Waals surface area contributed by atoms with Crippen LogP contribution < -0.4 is 15.4 Å². The van der Waals surface area contributed by atoms with Gasteiger partial charge < -0.3 is 15.4 Å². The molecule has 1 aromatic rings. The highest BCUT2D eigenvalue weighted by Gasteiger charge is 2.45. The van der Waals surface area contributed by atoms with Crippen molar-refractivity contribution in [1.82, 2.24) is 0 Å². The normalized spacial score (nSPS) is 32.6. The van der Waals surface area contributed by atoms with Gasteiger partial charge in [-0.3, -0.25) is 0 Å². The third-order valence-corrected chi connectivity index (χ3v) is 5.16. The molecule has 2 aliphatic carbocycles. The lowest BCUT2D eigenvalue weighted by Crippen LogP contribution is -2.41. The van der Waals surface area contributed by atoms with Crippen molar-refractivity contribution in [3.63, 3.8) is 0 Å². The molecule has 2 fully saturated rings.